The van der Waals surface area contributed by atoms with E-state index in [9.17, 15) is 4.79 Å². The molecule has 0 aromatic heterocycles. The number of oxime groups is 1. The fourth-order valence-corrected chi connectivity index (χ4v) is 3.53. The molecule has 1 heterocycles. The molecule has 1 aliphatic carbocycles. The van der Waals surface area contributed by atoms with Crippen LogP contribution in [0.2, 0.25) is 0 Å². The Kier molecular flexibility index (Phi) is 4.71. The van der Waals surface area contributed by atoms with Crippen molar-refractivity contribution in [2.24, 2.45) is 5.16 Å². The number of ether oxygens (including phenoxy) is 1. The number of benzene rings is 2. The Labute approximate surface area is 153 Å². The maximum absolute atomic E-state index is 12.4. The van der Waals surface area contributed by atoms with E-state index in [0.29, 0.717) is 19.7 Å². The largest absolute Gasteiger partial charge is 0.385 e. The van der Waals surface area contributed by atoms with Gasteiger partial charge < -0.3 is 14.5 Å². The fourth-order valence-electron chi connectivity index (χ4n) is 3.53. The van der Waals surface area contributed by atoms with Crippen LogP contribution in [-0.2, 0) is 14.4 Å². The first-order valence-corrected chi connectivity index (χ1v) is 9.06. The Morgan fingerprint density at radius 1 is 1.12 bits per heavy atom. The predicted octanol–water partition coefficient (Wildman–Crippen LogP) is 3.07. The molecule has 1 unspecified atom stereocenters. The molecular weight excluding hydrogens is 328 g/mol. The molecule has 5 heteroatoms. The van der Waals surface area contributed by atoms with Crippen LogP contribution in [0.4, 0.5) is 0 Å². The van der Waals surface area contributed by atoms with E-state index in [2.05, 4.69) is 24.2 Å². The van der Waals surface area contributed by atoms with Gasteiger partial charge in [-0.2, -0.15) is 0 Å². The van der Waals surface area contributed by atoms with E-state index in [1.807, 2.05) is 36.4 Å². The van der Waals surface area contributed by atoms with E-state index in [-0.39, 0.29) is 18.6 Å². The normalized spacial score (nSPS) is 18.3. The van der Waals surface area contributed by atoms with Crippen molar-refractivity contribution in [3.05, 3.63) is 59.7 Å². The molecule has 0 saturated carbocycles. The molecule has 0 N–H and O–H groups in total. The summed E-state index contributed by atoms with van der Waals surface area (Å²) < 4.78 is 5.61. The minimum absolute atomic E-state index is 0.0457. The Morgan fingerprint density at radius 3 is 2.35 bits per heavy atom. The summed E-state index contributed by atoms with van der Waals surface area (Å²) in [6, 6.07) is 16.3. The number of hydrogen-bond acceptors (Lipinski definition) is 4. The Bertz CT molecular complexity index is 799. The monoisotopic (exact) mass is 350 g/mol. The Morgan fingerprint density at radius 2 is 1.73 bits per heavy atom. The summed E-state index contributed by atoms with van der Waals surface area (Å²) in [4.78, 5) is 19.7. The minimum atomic E-state index is -0.0513. The first kappa shape index (κ1) is 16.8. The molecule has 1 aliphatic heterocycles. The predicted molar refractivity (Wildman–Crippen MR) is 100 cm³/mol. The average molecular weight is 350 g/mol. The van der Waals surface area contributed by atoms with Crippen LogP contribution < -0.4 is 0 Å². The summed E-state index contributed by atoms with van der Waals surface area (Å²) in [6.45, 7) is 3.84. The van der Waals surface area contributed by atoms with Crippen LogP contribution in [-0.4, -0.2) is 48.9 Å². The molecule has 2 aromatic carbocycles. The smallest absolute Gasteiger partial charge is 0.263 e. The van der Waals surface area contributed by atoms with E-state index in [1.165, 1.54) is 0 Å². The van der Waals surface area contributed by atoms with Gasteiger partial charge in [0.25, 0.3) is 5.91 Å². The lowest BCUT2D eigenvalue weighted by molar-refractivity contribution is -0.143. The molecule has 2 aliphatic rings. The molecule has 1 amide bonds. The van der Waals surface area contributed by atoms with Gasteiger partial charge in [0.15, 0.2) is 6.61 Å². The highest BCUT2D eigenvalue weighted by Crippen LogP contribution is 2.36. The van der Waals surface area contributed by atoms with E-state index < -0.39 is 0 Å². The van der Waals surface area contributed by atoms with Gasteiger partial charge in [0, 0.05) is 24.2 Å². The van der Waals surface area contributed by atoms with Gasteiger partial charge in [-0.05, 0) is 17.5 Å². The second kappa shape index (κ2) is 7.30. The van der Waals surface area contributed by atoms with Crippen molar-refractivity contribution in [1.82, 2.24) is 4.90 Å². The molecule has 4 rings (SSSR count). The zero-order valence-electron chi connectivity index (χ0n) is 14.9. The molecule has 134 valence electrons. The van der Waals surface area contributed by atoms with Crippen LogP contribution >= 0.6 is 0 Å². The van der Waals surface area contributed by atoms with Crippen molar-refractivity contribution in [2.45, 2.75) is 19.4 Å². The van der Waals surface area contributed by atoms with E-state index in [1.54, 1.807) is 4.90 Å². The second-order valence-corrected chi connectivity index (χ2v) is 6.55. The van der Waals surface area contributed by atoms with Crippen molar-refractivity contribution < 1.29 is 14.4 Å². The summed E-state index contributed by atoms with van der Waals surface area (Å²) in [5, 5.41) is 4.32. The molecule has 1 atom stereocenters. The molecule has 1 saturated heterocycles. The van der Waals surface area contributed by atoms with Gasteiger partial charge >= 0.3 is 0 Å². The molecule has 2 aromatic rings. The number of morpholine rings is 1. The van der Waals surface area contributed by atoms with Gasteiger partial charge in [0.1, 0.15) is 5.71 Å². The maximum Gasteiger partial charge on any atom is 0.263 e. The number of fused-ring (bicyclic) bond motifs is 3. The summed E-state index contributed by atoms with van der Waals surface area (Å²) in [5.41, 5.74) is 5.17. The second-order valence-electron chi connectivity index (χ2n) is 6.55. The lowest BCUT2D eigenvalue weighted by Gasteiger charge is -2.32. The molecule has 0 radical (unpaired) electrons. The molecular formula is C21H22N2O3. The maximum atomic E-state index is 12.4. The minimum Gasteiger partial charge on any atom is -0.385 e. The standard InChI is InChI=1S/C21H22N2O3/c1-2-15-13-23(11-12-25-15)20(24)14-26-22-21-18-9-5-3-7-16(18)17-8-4-6-10-19(17)21/h3-10,15H,2,11-14H2,1H3. The highest BCUT2D eigenvalue weighted by atomic mass is 16.6. The topological polar surface area (TPSA) is 51.1 Å². The van der Waals surface area contributed by atoms with Crippen LogP contribution in [0.1, 0.15) is 24.5 Å². The summed E-state index contributed by atoms with van der Waals surface area (Å²) >= 11 is 0. The summed E-state index contributed by atoms with van der Waals surface area (Å²) in [7, 11) is 0. The molecule has 0 spiro atoms. The van der Waals surface area contributed by atoms with Crippen LogP contribution in [0.5, 0.6) is 0 Å². The third-order valence-corrected chi connectivity index (χ3v) is 4.95. The van der Waals surface area contributed by atoms with Gasteiger partial charge in [0.05, 0.1) is 12.7 Å². The van der Waals surface area contributed by atoms with Crippen molar-refractivity contribution >= 4 is 11.6 Å². The number of amides is 1. The average Bonchev–Trinajstić information content (AvgIpc) is 3.02. The number of carbonyl (C=O) groups excluding carboxylic acids is 1. The summed E-state index contributed by atoms with van der Waals surface area (Å²) in [5.74, 6) is -0.0457. The van der Waals surface area contributed by atoms with E-state index >= 15 is 0 Å². The van der Waals surface area contributed by atoms with Gasteiger partial charge in [-0.1, -0.05) is 60.6 Å². The fraction of sp³-hybridized carbons (Fsp3) is 0.333. The number of nitrogens with zero attached hydrogens (tertiary/aromatic N) is 2. The molecule has 0 bridgehead atoms. The van der Waals surface area contributed by atoms with Crippen molar-refractivity contribution in [2.75, 3.05) is 26.3 Å². The third-order valence-electron chi connectivity index (χ3n) is 4.95. The number of rotatable bonds is 4. The first-order chi connectivity index (χ1) is 12.8. The zero-order valence-corrected chi connectivity index (χ0v) is 14.9. The lowest BCUT2D eigenvalue weighted by Crippen LogP contribution is -2.46. The van der Waals surface area contributed by atoms with Gasteiger partial charge in [-0.3, -0.25) is 4.79 Å². The molecule has 1 fully saturated rings. The Balaban J connectivity index is 1.48. The SMILES string of the molecule is CCC1CN(C(=O)CON=C2c3ccccc3-c3ccccc32)CCO1. The van der Waals surface area contributed by atoms with Crippen LogP contribution in [0, 0.1) is 0 Å². The van der Waals surface area contributed by atoms with Crippen molar-refractivity contribution in [3.63, 3.8) is 0 Å². The van der Waals surface area contributed by atoms with Gasteiger partial charge in [-0.15, -0.1) is 0 Å². The van der Waals surface area contributed by atoms with Crippen LogP contribution in [0.15, 0.2) is 53.7 Å². The lowest BCUT2D eigenvalue weighted by atomic mass is 10.1. The number of carbonyl (C=O) groups is 1. The van der Waals surface area contributed by atoms with E-state index in [4.69, 9.17) is 9.57 Å². The Hall–Kier alpha value is -2.66. The first-order valence-electron chi connectivity index (χ1n) is 9.06. The zero-order chi connectivity index (χ0) is 17.9. The molecule has 5 nitrogen and oxygen atoms in total. The van der Waals surface area contributed by atoms with Crippen molar-refractivity contribution in [1.29, 1.82) is 0 Å². The highest BCUT2D eigenvalue weighted by Gasteiger charge is 2.26. The summed E-state index contributed by atoms with van der Waals surface area (Å²) in [6.07, 6.45) is 1.02. The molecule has 26 heavy (non-hydrogen) atoms. The van der Waals surface area contributed by atoms with Crippen LogP contribution in [0.25, 0.3) is 11.1 Å². The highest BCUT2D eigenvalue weighted by molar-refractivity contribution is 6.24. The van der Waals surface area contributed by atoms with Crippen molar-refractivity contribution in [3.8, 4) is 11.1 Å². The van der Waals surface area contributed by atoms with Gasteiger partial charge in [-0.25, -0.2) is 0 Å². The van der Waals surface area contributed by atoms with E-state index in [0.717, 1.165) is 34.4 Å². The third kappa shape index (κ3) is 3.10. The van der Waals surface area contributed by atoms with Crippen LogP contribution in [0.3, 0.4) is 0 Å². The van der Waals surface area contributed by atoms with Gasteiger partial charge in [0.2, 0.25) is 0 Å². The quantitative estimate of drug-likeness (QED) is 0.680. The number of hydrogen-bond donors (Lipinski definition) is 0.